The largest absolute Gasteiger partial charge is 0.478 e. The fourth-order valence-electron chi connectivity index (χ4n) is 3.97. The highest BCUT2D eigenvalue weighted by Gasteiger charge is 2.26. The zero-order valence-corrected chi connectivity index (χ0v) is 19.8. The van der Waals surface area contributed by atoms with Crippen LogP contribution >= 0.6 is 11.7 Å². The molecule has 0 saturated carbocycles. The van der Waals surface area contributed by atoms with Crippen molar-refractivity contribution >= 4 is 45.8 Å². The monoisotopic (exact) mass is 487 g/mol. The first-order valence-electron chi connectivity index (χ1n) is 10.8. The smallest absolute Gasteiger partial charge is 0.336 e. The minimum absolute atomic E-state index is 0.0701. The molecule has 0 unspecified atom stereocenters. The summed E-state index contributed by atoms with van der Waals surface area (Å²) < 4.78 is 19.2. The van der Waals surface area contributed by atoms with Gasteiger partial charge in [0.1, 0.15) is 11.0 Å². The van der Waals surface area contributed by atoms with Crippen LogP contribution in [-0.4, -0.2) is 46.5 Å². The molecule has 0 fully saturated rings. The maximum Gasteiger partial charge on any atom is 0.336 e. The molecule has 9 heteroatoms. The average Bonchev–Trinajstić information content (AvgIpc) is 3.51. The Morgan fingerprint density at radius 2 is 1.63 bits per heavy atom. The summed E-state index contributed by atoms with van der Waals surface area (Å²) in [5, 5.41) is 10.3. The quantitative estimate of drug-likeness (QED) is 0.301. The van der Waals surface area contributed by atoms with E-state index in [0.29, 0.717) is 33.7 Å². The van der Waals surface area contributed by atoms with Gasteiger partial charge in [-0.05, 0) is 53.6 Å². The van der Waals surface area contributed by atoms with Gasteiger partial charge in [-0.25, -0.2) is 4.79 Å². The van der Waals surface area contributed by atoms with Gasteiger partial charge in [0, 0.05) is 37.3 Å². The number of ketones is 1. The normalized spacial score (nSPS) is 13.0. The van der Waals surface area contributed by atoms with E-state index < -0.39 is 11.8 Å². The lowest BCUT2D eigenvalue weighted by Gasteiger charge is -2.15. The highest BCUT2D eigenvalue weighted by molar-refractivity contribution is 7.00. The van der Waals surface area contributed by atoms with Crippen molar-refractivity contribution in [1.29, 1.82) is 0 Å². The summed E-state index contributed by atoms with van der Waals surface area (Å²) in [5.74, 6) is -0.584. The molecule has 0 bridgehead atoms. The number of Topliss-reactive ketones (excluding diaryl/α,β-unsaturated/α-hetero) is 1. The van der Waals surface area contributed by atoms with Gasteiger partial charge >= 0.3 is 5.97 Å². The zero-order valence-electron chi connectivity index (χ0n) is 19.0. The second-order valence-corrected chi connectivity index (χ2v) is 8.79. The van der Waals surface area contributed by atoms with Crippen molar-refractivity contribution in [1.82, 2.24) is 8.75 Å². The van der Waals surface area contributed by atoms with Crippen molar-refractivity contribution in [2.45, 2.75) is 6.42 Å². The molecule has 1 aromatic heterocycles. The van der Waals surface area contributed by atoms with Crippen molar-refractivity contribution in [3.63, 3.8) is 0 Å². The van der Waals surface area contributed by atoms with E-state index in [9.17, 15) is 14.7 Å². The van der Waals surface area contributed by atoms with Crippen molar-refractivity contribution in [2.75, 3.05) is 25.8 Å². The minimum Gasteiger partial charge on any atom is -0.478 e. The molecule has 0 atom stereocenters. The predicted octanol–water partition coefficient (Wildman–Crippen LogP) is 4.45. The van der Waals surface area contributed by atoms with Gasteiger partial charge in [-0.2, -0.15) is 8.75 Å². The number of aromatic nitrogens is 2. The van der Waals surface area contributed by atoms with Gasteiger partial charge in [-0.1, -0.05) is 18.2 Å². The van der Waals surface area contributed by atoms with E-state index in [1.54, 1.807) is 36.4 Å². The third-order valence-electron chi connectivity index (χ3n) is 5.80. The lowest BCUT2D eigenvalue weighted by Crippen LogP contribution is -2.14. The number of hydrogen-bond acceptors (Lipinski definition) is 8. The first-order chi connectivity index (χ1) is 16.9. The van der Waals surface area contributed by atoms with Crippen LogP contribution < -0.4 is 14.4 Å². The number of carbonyl (C=O) groups is 2. The van der Waals surface area contributed by atoms with Gasteiger partial charge in [0.25, 0.3) is 0 Å². The molecule has 1 aliphatic heterocycles. The number of nitrogens with zero attached hydrogens (tertiary/aromatic N) is 3. The van der Waals surface area contributed by atoms with Gasteiger partial charge in [-0.3, -0.25) is 4.79 Å². The first kappa shape index (κ1) is 22.5. The van der Waals surface area contributed by atoms with Crippen LogP contribution in [0.2, 0.25) is 0 Å². The summed E-state index contributed by atoms with van der Waals surface area (Å²) >= 11 is 1.05. The molecular weight excluding hydrogens is 466 g/mol. The molecule has 0 amide bonds. The number of carboxylic acids is 1. The van der Waals surface area contributed by atoms with Crippen LogP contribution in [0.1, 0.15) is 21.5 Å². The molecule has 2 heterocycles. The lowest BCUT2D eigenvalue weighted by atomic mass is 9.89. The van der Waals surface area contributed by atoms with E-state index in [0.717, 1.165) is 23.0 Å². The van der Waals surface area contributed by atoms with E-state index >= 15 is 0 Å². The Morgan fingerprint density at radius 1 is 0.914 bits per heavy atom. The summed E-state index contributed by atoms with van der Waals surface area (Å²) in [7, 11) is 3.88. The molecule has 0 spiro atoms. The van der Waals surface area contributed by atoms with Gasteiger partial charge in [0.15, 0.2) is 17.3 Å². The highest BCUT2D eigenvalue weighted by Crippen LogP contribution is 2.35. The number of carbonyl (C=O) groups excluding carboxylic acids is 1. The number of anilines is 1. The lowest BCUT2D eigenvalue weighted by molar-refractivity contribution is -0.130. The minimum atomic E-state index is -1.19. The second kappa shape index (κ2) is 9.19. The van der Waals surface area contributed by atoms with Crippen LogP contribution in [0.4, 0.5) is 5.69 Å². The second-order valence-electron chi connectivity index (χ2n) is 8.26. The number of benzene rings is 3. The highest BCUT2D eigenvalue weighted by atomic mass is 32.1. The molecule has 0 aliphatic carbocycles. The number of allylic oxidation sites excluding steroid dienone is 1. The molecule has 1 N–H and O–H groups in total. The molecule has 0 saturated heterocycles. The number of aliphatic carboxylic acids is 1. The van der Waals surface area contributed by atoms with Gasteiger partial charge in [0.2, 0.25) is 6.79 Å². The molecule has 5 rings (SSSR count). The summed E-state index contributed by atoms with van der Waals surface area (Å²) in [6.07, 6.45) is 0.135. The molecule has 1 aliphatic rings. The molecule has 8 nitrogen and oxygen atoms in total. The Hall–Kier alpha value is -4.24. The van der Waals surface area contributed by atoms with Crippen molar-refractivity contribution in [3.05, 3.63) is 82.9 Å². The average molecular weight is 488 g/mol. The number of rotatable bonds is 7. The topological polar surface area (TPSA) is 102 Å². The third-order valence-corrected chi connectivity index (χ3v) is 6.36. The summed E-state index contributed by atoms with van der Waals surface area (Å²) in [4.78, 5) is 28.4. The van der Waals surface area contributed by atoms with Crippen molar-refractivity contribution in [3.8, 4) is 11.5 Å². The van der Waals surface area contributed by atoms with Crippen LogP contribution in [0.5, 0.6) is 11.5 Å². The Morgan fingerprint density at radius 3 is 2.37 bits per heavy atom. The summed E-state index contributed by atoms with van der Waals surface area (Å²) in [5.41, 5.74) is 3.88. The summed E-state index contributed by atoms with van der Waals surface area (Å²) in [6, 6.07) is 17.6. The van der Waals surface area contributed by atoms with Crippen LogP contribution in [0, 0.1) is 0 Å². The Balaban J connectivity index is 1.65. The molecule has 4 aromatic rings. The van der Waals surface area contributed by atoms with Crippen LogP contribution in [0.15, 0.2) is 66.2 Å². The molecule has 35 heavy (non-hydrogen) atoms. The van der Waals surface area contributed by atoms with E-state index in [2.05, 4.69) is 8.75 Å². The van der Waals surface area contributed by atoms with E-state index in [1.165, 1.54) is 0 Å². The van der Waals surface area contributed by atoms with Crippen LogP contribution in [-0.2, 0) is 11.2 Å². The van der Waals surface area contributed by atoms with E-state index in [1.807, 2.05) is 43.3 Å². The SMILES string of the molecule is CN(C)c1ccc(C/C(C(=O)c2ccc3c(c2)OCO3)=C(\C(=O)O)c2ccc3nsnc3c2)cc1. The molecular formula is C26H21N3O5S. The number of hydrogen-bond donors (Lipinski definition) is 1. The van der Waals surface area contributed by atoms with Crippen LogP contribution in [0.25, 0.3) is 16.6 Å². The standard InChI is InChI=1S/C26H21N3O5S/c1-29(2)18-7-3-15(4-8-18)11-19(25(30)17-6-10-22-23(13-17)34-14-33-22)24(26(31)32)16-5-9-20-21(12-16)28-35-27-20/h3-10,12-13H,11,14H2,1-2H3,(H,31,32)/b24-19+. The maximum atomic E-state index is 13.8. The Bertz CT molecular complexity index is 1470. The first-order valence-corrected chi connectivity index (χ1v) is 11.5. The number of fused-ring (bicyclic) bond motifs is 2. The van der Waals surface area contributed by atoms with Gasteiger partial charge in [0.05, 0.1) is 17.3 Å². The fourth-order valence-corrected chi connectivity index (χ4v) is 4.49. The van der Waals surface area contributed by atoms with Gasteiger partial charge < -0.3 is 19.5 Å². The van der Waals surface area contributed by atoms with Crippen molar-refractivity contribution < 1.29 is 24.2 Å². The predicted molar refractivity (Wildman–Crippen MR) is 133 cm³/mol. The number of ether oxygens (including phenoxy) is 2. The fraction of sp³-hybridized carbons (Fsp3) is 0.154. The molecule has 0 radical (unpaired) electrons. The van der Waals surface area contributed by atoms with Crippen LogP contribution in [0.3, 0.4) is 0 Å². The number of carboxylic acid groups (broad SMARTS) is 1. The zero-order chi connectivity index (χ0) is 24.5. The molecule has 3 aromatic carbocycles. The Kier molecular flexibility index (Phi) is 5.92. The molecule has 176 valence electrons. The summed E-state index contributed by atoms with van der Waals surface area (Å²) in [6.45, 7) is 0.0793. The van der Waals surface area contributed by atoms with Crippen molar-refractivity contribution in [2.24, 2.45) is 0 Å². The Labute approximate surface area is 205 Å². The van der Waals surface area contributed by atoms with Gasteiger partial charge in [-0.15, -0.1) is 0 Å². The van der Waals surface area contributed by atoms with E-state index in [-0.39, 0.29) is 24.4 Å². The third kappa shape index (κ3) is 4.45. The maximum absolute atomic E-state index is 13.8. The van der Waals surface area contributed by atoms with E-state index in [4.69, 9.17) is 9.47 Å².